The van der Waals surface area contributed by atoms with E-state index in [1.54, 1.807) is 24.3 Å². The molecular weight excluding hydrogens is 349 g/mol. The number of hydrogen-bond donors (Lipinski definition) is 2. The number of carbonyl (C=O) groups excluding carboxylic acids is 2. The van der Waals surface area contributed by atoms with E-state index in [1.807, 2.05) is 6.92 Å². The van der Waals surface area contributed by atoms with Crippen molar-refractivity contribution in [2.24, 2.45) is 5.92 Å². The van der Waals surface area contributed by atoms with Crippen LogP contribution in [0.5, 0.6) is 0 Å². The maximum absolute atomic E-state index is 11.8. The Balaban J connectivity index is 0. The Kier molecular flexibility index (Phi) is 13.0. The first-order valence-corrected chi connectivity index (χ1v) is 7.83. The minimum Gasteiger partial charge on any atom is -0.440 e. The molecule has 0 heterocycles. The second-order valence-corrected chi connectivity index (χ2v) is 5.97. The highest BCUT2D eigenvalue weighted by atomic mass is 19.4. The van der Waals surface area contributed by atoms with Crippen molar-refractivity contribution in [1.29, 1.82) is 0 Å². The van der Waals surface area contributed by atoms with E-state index in [4.69, 9.17) is 0 Å². The molecule has 0 bridgehead atoms. The summed E-state index contributed by atoms with van der Waals surface area (Å²) >= 11 is 0. The molecular formula is C18H29F3N2O3. The maximum atomic E-state index is 11.8. The first-order chi connectivity index (χ1) is 11.5. The molecule has 0 aliphatic heterocycles. The monoisotopic (exact) mass is 378 g/mol. The fourth-order valence-electron chi connectivity index (χ4n) is 1.35. The Morgan fingerprint density at radius 1 is 1.04 bits per heavy atom. The zero-order valence-corrected chi connectivity index (χ0v) is 14.9. The highest BCUT2D eigenvalue weighted by Gasteiger charge is 2.29. The van der Waals surface area contributed by atoms with Crippen molar-refractivity contribution in [1.82, 2.24) is 10.6 Å². The molecule has 0 atom stereocenters. The van der Waals surface area contributed by atoms with Gasteiger partial charge < -0.3 is 15.4 Å². The first-order valence-electron chi connectivity index (χ1n) is 7.83. The van der Waals surface area contributed by atoms with Gasteiger partial charge in [0.2, 0.25) is 0 Å². The van der Waals surface area contributed by atoms with Gasteiger partial charge in [-0.25, -0.2) is 4.79 Å². The van der Waals surface area contributed by atoms with E-state index in [1.165, 1.54) is 0 Å². The van der Waals surface area contributed by atoms with Crippen LogP contribution in [0.15, 0.2) is 24.3 Å². The average Bonchev–Trinajstić information content (AvgIpc) is 2.49. The number of nitrogens with one attached hydrogen (secondary N) is 2. The van der Waals surface area contributed by atoms with Gasteiger partial charge >= 0.3 is 12.3 Å². The summed E-state index contributed by atoms with van der Waals surface area (Å²) < 4.78 is 39.2. The zero-order chi connectivity index (χ0) is 19.5. The van der Waals surface area contributed by atoms with Crippen LogP contribution in [0.1, 0.15) is 44.1 Å². The Hall–Kier alpha value is -2.25. The molecule has 150 valence electrons. The standard InChI is InChI=1S/C13H15F3N2O3.C4H10.CH4/c1-9-2-4-10(5-3-9)11(19)17-6-7-18-12(20)21-8-13(14,15)16;1-4(2)3;/h2-5H,6-8H2,1H3,(H,17,19)(H,18,20);4H,1-3H3;1H4. The second kappa shape index (κ2) is 13.0. The molecule has 0 saturated heterocycles. The lowest BCUT2D eigenvalue weighted by Gasteiger charge is -2.09. The van der Waals surface area contributed by atoms with E-state index in [9.17, 15) is 22.8 Å². The van der Waals surface area contributed by atoms with Gasteiger partial charge in [0.25, 0.3) is 5.91 Å². The Labute approximate surface area is 153 Å². The number of aryl methyl sites for hydroxylation is 1. The summed E-state index contributed by atoms with van der Waals surface area (Å²) in [5.74, 6) is 0.500. The topological polar surface area (TPSA) is 67.4 Å². The SMILES string of the molecule is C.CC(C)C.Cc1ccc(C(=O)NCCNC(=O)OCC(F)(F)F)cc1. The van der Waals surface area contributed by atoms with E-state index in [0.717, 1.165) is 11.5 Å². The number of alkyl carbamates (subject to hydrolysis) is 1. The van der Waals surface area contributed by atoms with Crippen molar-refractivity contribution in [3.05, 3.63) is 35.4 Å². The first kappa shape index (κ1) is 26.0. The largest absolute Gasteiger partial charge is 0.440 e. The minimum atomic E-state index is -4.56. The summed E-state index contributed by atoms with van der Waals surface area (Å²) in [6.07, 6.45) is -5.74. The molecule has 0 fully saturated rings. The van der Waals surface area contributed by atoms with Crippen molar-refractivity contribution in [2.75, 3.05) is 19.7 Å². The van der Waals surface area contributed by atoms with Gasteiger partial charge in [-0.3, -0.25) is 4.79 Å². The minimum absolute atomic E-state index is 0. The number of ether oxygens (including phenoxy) is 1. The van der Waals surface area contributed by atoms with Crippen molar-refractivity contribution >= 4 is 12.0 Å². The molecule has 0 aliphatic rings. The third kappa shape index (κ3) is 15.3. The van der Waals surface area contributed by atoms with Crippen molar-refractivity contribution in [3.8, 4) is 0 Å². The summed E-state index contributed by atoms with van der Waals surface area (Å²) in [6.45, 7) is 6.79. The van der Waals surface area contributed by atoms with Crippen LogP contribution in [0, 0.1) is 12.8 Å². The maximum Gasteiger partial charge on any atom is 0.422 e. The van der Waals surface area contributed by atoms with Gasteiger partial charge in [0.05, 0.1) is 0 Å². The lowest BCUT2D eigenvalue weighted by Crippen LogP contribution is -2.36. The number of benzene rings is 1. The molecule has 0 unspecified atom stereocenters. The third-order valence-corrected chi connectivity index (χ3v) is 2.36. The highest BCUT2D eigenvalue weighted by molar-refractivity contribution is 5.94. The molecule has 0 aliphatic carbocycles. The highest BCUT2D eigenvalue weighted by Crippen LogP contribution is 2.14. The van der Waals surface area contributed by atoms with Crippen molar-refractivity contribution < 1.29 is 27.5 Å². The molecule has 0 saturated carbocycles. The van der Waals surface area contributed by atoms with Crippen LogP contribution in [-0.4, -0.2) is 37.9 Å². The van der Waals surface area contributed by atoms with E-state index in [-0.39, 0.29) is 26.4 Å². The van der Waals surface area contributed by atoms with Crippen LogP contribution < -0.4 is 10.6 Å². The Morgan fingerprint density at radius 2 is 1.50 bits per heavy atom. The van der Waals surface area contributed by atoms with Gasteiger partial charge in [-0.15, -0.1) is 0 Å². The number of alkyl halides is 3. The number of halogens is 3. The van der Waals surface area contributed by atoms with Gasteiger partial charge in [0.1, 0.15) is 0 Å². The third-order valence-electron chi connectivity index (χ3n) is 2.36. The lowest BCUT2D eigenvalue weighted by molar-refractivity contribution is -0.160. The van der Waals surface area contributed by atoms with Crippen LogP contribution >= 0.6 is 0 Å². The van der Waals surface area contributed by atoms with Crippen LogP contribution in [0.2, 0.25) is 0 Å². The molecule has 26 heavy (non-hydrogen) atoms. The van der Waals surface area contributed by atoms with Gasteiger partial charge in [-0.1, -0.05) is 45.9 Å². The van der Waals surface area contributed by atoms with Gasteiger partial charge in [0.15, 0.2) is 6.61 Å². The zero-order valence-electron chi connectivity index (χ0n) is 14.9. The van der Waals surface area contributed by atoms with Gasteiger partial charge in [0, 0.05) is 18.7 Å². The van der Waals surface area contributed by atoms with Crippen LogP contribution in [0.3, 0.4) is 0 Å². The fourth-order valence-corrected chi connectivity index (χ4v) is 1.35. The van der Waals surface area contributed by atoms with Crippen LogP contribution in [-0.2, 0) is 4.74 Å². The molecule has 1 rings (SSSR count). The summed E-state index contributed by atoms with van der Waals surface area (Å²) in [5, 5.41) is 4.61. The Morgan fingerprint density at radius 3 is 1.96 bits per heavy atom. The number of hydrogen-bond acceptors (Lipinski definition) is 3. The smallest absolute Gasteiger partial charge is 0.422 e. The van der Waals surface area contributed by atoms with Gasteiger partial charge in [-0.2, -0.15) is 13.2 Å². The lowest BCUT2D eigenvalue weighted by atomic mass is 10.1. The van der Waals surface area contributed by atoms with Crippen molar-refractivity contribution in [3.63, 3.8) is 0 Å². The van der Waals surface area contributed by atoms with E-state index in [0.29, 0.717) is 5.56 Å². The summed E-state index contributed by atoms with van der Waals surface area (Å²) in [4.78, 5) is 22.5. The molecule has 8 heteroatoms. The molecule has 0 aromatic heterocycles. The van der Waals surface area contributed by atoms with E-state index < -0.39 is 18.9 Å². The van der Waals surface area contributed by atoms with Crippen LogP contribution in [0.4, 0.5) is 18.0 Å². The van der Waals surface area contributed by atoms with E-state index in [2.05, 4.69) is 36.1 Å². The fraction of sp³-hybridized carbons (Fsp3) is 0.556. The summed E-state index contributed by atoms with van der Waals surface area (Å²) in [6, 6.07) is 6.86. The molecule has 2 N–H and O–H groups in total. The number of rotatable bonds is 5. The molecule has 5 nitrogen and oxygen atoms in total. The number of carbonyl (C=O) groups is 2. The number of amides is 2. The summed E-state index contributed by atoms with van der Waals surface area (Å²) in [5.41, 5.74) is 1.47. The van der Waals surface area contributed by atoms with Gasteiger partial charge in [-0.05, 0) is 25.0 Å². The van der Waals surface area contributed by atoms with E-state index >= 15 is 0 Å². The normalized spacial score (nSPS) is 10.2. The molecule has 0 spiro atoms. The molecule has 1 aromatic rings. The van der Waals surface area contributed by atoms with Crippen molar-refractivity contribution in [2.45, 2.75) is 41.3 Å². The molecule has 2 amide bonds. The predicted molar refractivity (Wildman–Crippen MR) is 96.2 cm³/mol. The predicted octanol–water partition coefficient (Wildman–Crippen LogP) is 4.31. The molecule has 1 aromatic carbocycles. The second-order valence-electron chi connectivity index (χ2n) is 5.97. The van der Waals surface area contributed by atoms with Crippen LogP contribution in [0.25, 0.3) is 0 Å². The Bertz CT molecular complexity index is 527. The molecule has 0 radical (unpaired) electrons. The summed E-state index contributed by atoms with van der Waals surface area (Å²) in [7, 11) is 0. The quantitative estimate of drug-likeness (QED) is 0.750. The average molecular weight is 378 g/mol.